The van der Waals surface area contributed by atoms with Crippen LogP contribution >= 0.6 is 0 Å². The highest BCUT2D eigenvalue weighted by Crippen LogP contribution is 2.40. The van der Waals surface area contributed by atoms with Gasteiger partial charge in [0, 0.05) is 21.5 Å². The van der Waals surface area contributed by atoms with Crippen LogP contribution in [0.5, 0.6) is 11.5 Å². The minimum Gasteiger partial charge on any atom is -0.507 e. The fourth-order valence-corrected chi connectivity index (χ4v) is 3.59. The molecule has 2 heteroatoms. The maximum absolute atomic E-state index is 10.7. The van der Waals surface area contributed by atoms with Crippen LogP contribution in [0, 0.1) is 0 Å². The molecule has 0 aromatic heterocycles. The molecule has 5 aromatic rings. The number of aromatic hydroxyl groups is 2. The summed E-state index contributed by atoms with van der Waals surface area (Å²) in [7, 11) is 0. The topological polar surface area (TPSA) is 40.5 Å². The molecular formula is C22H14O2. The average molecular weight is 310 g/mol. The third kappa shape index (κ3) is 1.71. The van der Waals surface area contributed by atoms with Crippen LogP contribution < -0.4 is 0 Å². The molecule has 0 aliphatic rings. The van der Waals surface area contributed by atoms with Crippen LogP contribution in [-0.4, -0.2) is 10.2 Å². The number of hydrogen-bond acceptors (Lipinski definition) is 2. The zero-order valence-electron chi connectivity index (χ0n) is 12.8. The quantitative estimate of drug-likeness (QED) is 0.360. The molecule has 24 heavy (non-hydrogen) atoms. The van der Waals surface area contributed by atoms with E-state index in [1.54, 1.807) is 0 Å². The monoisotopic (exact) mass is 310 g/mol. The van der Waals surface area contributed by atoms with E-state index in [4.69, 9.17) is 0 Å². The number of rotatable bonds is 0. The van der Waals surface area contributed by atoms with Gasteiger partial charge in [0.25, 0.3) is 0 Å². The third-order valence-corrected chi connectivity index (χ3v) is 4.79. The van der Waals surface area contributed by atoms with Crippen molar-refractivity contribution in [2.24, 2.45) is 0 Å². The Labute approximate surface area is 138 Å². The average Bonchev–Trinajstić information content (AvgIpc) is 2.61. The largest absolute Gasteiger partial charge is 0.507 e. The number of benzene rings is 5. The van der Waals surface area contributed by atoms with Gasteiger partial charge in [0.15, 0.2) is 0 Å². The smallest absolute Gasteiger partial charge is 0.131 e. The van der Waals surface area contributed by atoms with E-state index in [9.17, 15) is 10.2 Å². The van der Waals surface area contributed by atoms with Gasteiger partial charge in [-0.25, -0.2) is 0 Å². The van der Waals surface area contributed by atoms with Crippen LogP contribution in [-0.2, 0) is 0 Å². The highest BCUT2D eigenvalue weighted by Gasteiger charge is 2.11. The van der Waals surface area contributed by atoms with Gasteiger partial charge in [-0.3, -0.25) is 0 Å². The molecule has 0 fully saturated rings. The molecule has 2 N–H and O–H groups in total. The lowest BCUT2D eigenvalue weighted by molar-refractivity contribution is 0.487. The van der Waals surface area contributed by atoms with Crippen molar-refractivity contribution < 1.29 is 10.2 Å². The molecule has 0 atom stereocenters. The summed E-state index contributed by atoms with van der Waals surface area (Å²) in [5.74, 6) is 0.523. The Morgan fingerprint density at radius 3 is 1.33 bits per heavy atom. The summed E-state index contributed by atoms with van der Waals surface area (Å²) in [6.07, 6.45) is 0. The van der Waals surface area contributed by atoms with Gasteiger partial charge in [-0.15, -0.1) is 0 Å². The van der Waals surface area contributed by atoms with E-state index in [1.807, 2.05) is 60.7 Å². The number of hydrogen-bond donors (Lipinski definition) is 2. The zero-order valence-corrected chi connectivity index (χ0v) is 12.8. The van der Waals surface area contributed by atoms with Crippen molar-refractivity contribution in [2.45, 2.75) is 0 Å². The van der Waals surface area contributed by atoms with Crippen LogP contribution in [0.4, 0.5) is 0 Å². The molecule has 2 nitrogen and oxygen atoms in total. The second kappa shape index (κ2) is 4.62. The molecular weight excluding hydrogens is 296 g/mol. The lowest BCUT2D eigenvalue weighted by atomic mass is 9.96. The standard InChI is InChI=1S/C22H14O2/c23-21-17-7-3-1-5-13(17)9-15-11-16-10-14-6-2-4-8-18(14)22(24)20(16)12-19(15)21/h1-12,23-24H. The predicted molar refractivity (Wildman–Crippen MR) is 99.8 cm³/mol. The van der Waals surface area contributed by atoms with E-state index in [1.165, 1.54) is 0 Å². The first-order valence-corrected chi connectivity index (χ1v) is 7.91. The molecule has 5 rings (SSSR count). The van der Waals surface area contributed by atoms with Crippen molar-refractivity contribution in [1.29, 1.82) is 0 Å². The lowest BCUT2D eigenvalue weighted by Gasteiger charge is -2.11. The summed E-state index contributed by atoms with van der Waals surface area (Å²) in [5, 5.41) is 28.5. The second-order valence-corrected chi connectivity index (χ2v) is 6.19. The maximum atomic E-state index is 10.7. The summed E-state index contributed by atoms with van der Waals surface area (Å²) in [6.45, 7) is 0. The molecule has 0 aliphatic heterocycles. The van der Waals surface area contributed by atoms with Crippen LogP contribution in [0.25, 0.3) is 43.1 Å². The second-order valence-electron chi connectivity index (χ2n) is 6.19. The normalized spacial score (nSPS) is 11.7. The SMILES string of the molecule is Oc1c2ccccc2cc2cc3cc4ccccc4c(O)c3cc12. The summed E-state index contributed by atoms with van der Waals surface area (Å²) in [4.78, 5) is 0. The molecule has 0 aliphatic carbocycles. The molecule has 114 valence electrons. The van der Waals surface area contributed by atoms with Gasteiger partial charge in [0.05, 0.1) is 0 Å². The van der Waals surface area contributed by atoms with Gasteiger partial charge >= 0.3 is 0 Å². The van der Waals surface area contributed by atoms with Gasteiger partial charge < -0.3 is 10.2 Å². The molecule has 0 saturated heterocycles. The Morgan fingerprint density at radius 1 is 0.417 bits per heavy atom. The van der Waals surface area contributed by atoms with Crippen LogP contribution in [0.1, 0.15) is 0 Å². The molecule has 0 heterocycles. The Hall–Kier alpha value is -3.26. The van der Waals surface area contributed by atoms with Gasteiger partial charge in [-0.2, -0.15) is 0 Å². The zero-order chi connectivity index (χ0) is 16.3. The van der Waals surface area contributed by atoms with E-state index in [-0.39, 0.29) is 11.5 Å². The van der Waals surface area contributed by atoms with Crippen LogP contribution in [0.3, 0.4) is 0 Å². The minimum atomic E-state index is 0.262. The fraction of sp³-hybridized carbons (Fsp3) is 0. The van der Waals surface area contributed by atoms with Crippen molar-refractivity contribution in [1.82, 2.24) is 0 Å². The first-order valence-electron chi connectivity index (χ1n) is 7.91. The van der Waals surface area contributed by atoms with E-state index in [0.29, 0.717) is 0 Å². The Bertz CT molecular complexity index is 1170. The number of phenols is 2. The molecule has 5 aromatic carbocycles. The highest BCUT2D eigenvalue weighted by atomic mass is 16.3. The van der Waals surface area contributed by atoms with Crippen LogP contribution in [0.2, 0.25) is 0 Å². The van der Waals surface area contributed by atoms with Crippen molar-refractivity contribution >= 4 is 43.1 Å². The summed E-state index contributed by atoms with van der Waals surface area (Å²) >= 11 is 0. The summed E-state index contributed by atoms with van der Waals surface area (Å²) in [6, 6.07) is 23.7. The van der Waals surface area contributed by atoms with E-state index >= 15 is 0 Å². The number of fused-ring (bicyclic) bond motifs is 4. The predicted octanol–water partition coefficient (Wildman–Crippen LogP) is 5.71. The molecule has 0 amide bonds. The Morgan fingerprint density at radius 2 is 0.833 bits per heavy atom. The third-order valence-electron chi connectivity index (χ3n) is 4.79. The fourth-order valence-electron chi connectivity index (χ4n) is 3.59. The molecule has 0 spiro atoms. The van der Waals surface area contributed by atoms with Gasteiger partial charge in [0.2, 0.25) is 0 Å². The van der Waals surface area contributed by atoms with Crippen LogP contribution in [0.15, 0.2) is 72.8 Å². The Balaban J connectivity index is 2.01. The first-order chi connectivity index (χ1) is 11.7. The molecule has 0 bridgehead atoms. The first kappa shape index (κ1) is 13.2. The van der Waals surface area contributed by atoms with Gasteiger partial charge in [0.1, 0.15) is 11.5 Å². The molecule has 0 unspecified atom stereocenters. The van der Waals surface area contributed by atoms with E-state index < -0.39 is 0 Å². The summed E-state index contributed by atoms with van der Waals surface area (Å²) in [5.41, 5.74) is 0. The van der Waals surface area contributed by atoms with Crippen molar-refractivity contribution in [3.8, 4) is 11.5 Å². The van der Waals surface area contributed by atoms with Crippen molar-refractivity contribution in [2.75, 3.05) is 0 Å². The number of phenolic OH excluding ortho intramolecular Hbond substituents is 2. The van der Waals surface area contributed by atoms with Crippen molar-refractivity contribution in [3.63, 3.8) is 0 Å². The summed E-state index contributed by atoms with van der Waals surface area (Å²) < 4.78 is 0. The Kier molecular flexibility index (Phi) is 2.54. The molecule has 0 saturated carbocycles. The van der Waals surface area contributed by atoms with E-state index in [0.717, 1.165) is 43.1 Å². The maximum Gasteiger partial charge on any atom is 0.131 e. The highest BCUT2D eigenvalue weighted by molar-refractivity contribution is 6.14. The van der Waals surface area contributed by atoms with Crippen molar-refractivity contribution in [3.05, 3.63) is 72.8 Å². The van der Waals surface area contributed by atoms with Gasteiger partial charge in [-0.05, 0) is 45.8 Å². The van der Waals surface area contributed by atoms with Gasteiger partial charge in [-0.1, -0.05) is 48.5 Å². The lowest BCUT2D eigenvalue weighted by Crippen LogP contribution is -1.83. The minimum absolute atomic E-state index is 0.262. The molecule has 0 radical (unpaired) electrons. The van der Waals surface area contributed by atoms with E-state index in [2.05, 4.69) is 12.1 Å².